The van der Waals surface area contributed by atoms with E-state index in [0.29, 0.717) is 17.8 Å². The van der Waals surface area contributed by atoms with Crippen LogP contribution in [0.15, 0.2) is 30.3 Å². The van der Waals surface area contributed by atoms with Crippen molar-refractivity contribution in [1.82, 2.24) is 0 Å². The molecular formula is C15H14O3. The minimum atomic E-state index is -0.280. The highest BCUT2D eigenvalue weighted by atomic mass is 16.6. The number of ether oxygens (including phenoxy) is 1. The van der Waals surface area contributed by atoms with Crippen LogP contribution in [0.4, 0.5) is 0 Å². The van der Waals surface area contributed by atoms with E-state index in [1.54, 1.807) is 0 Å². The molecule has 1 aromatic rings. The van der Waals surface area contributed by atoms with Crippen molar-refractivity contribution in [3.05, 3.63) is 35.9 Å². The Hall–Kier alpha value is -1.64. The Morgan fingerprint density at radius 2 is 1.67 bits per heavy atom. The molecule has 3 aliphatic rings. The Labute approximate surface area is 105 Å². The second-order valence-corrected chi connectivity index (χ2v) is 5.70. The van der Waals surface area contributed by atoms with Gasteiger partial charge in [0.2, 0.25) is 0 Å². The van der Waals surface area contributed by atoms with E-state index in [4.69, 9.17) is 4.74 Å². The SMILES string of the molecule is O=C1OC(=O)[C@H]2[C@H]3C[C@H]([C@@H]12)[C@@H](c1ccccc1)C3. The van der Waals surface area contributed by atoms with Gasteiger partial charge >= 0.3 is 11.9 Å². The highest BCUT2D eigenvalue weighted by Gasteiger charge is 2.62. The lowest BCUT2D eigenvalue weighted by Gasteiger charge is -2.27. The number of benzene rings is 1. The van der Waals surface area contributed by atoms with Gasteiger partial charge in [-0.2, -0.15) is 0 Å². The van der Waals surface area contributed by atoms with Gasteiger partial charge in [-0.1, -0.05) is 30.3 Å². The Balaban J connectivity index is 1.70. The smallest absolute Gasteiger partial charge is 0.317 e. The van der Waals surface area contributed by atoms with Gasteiger partial charge in [-0.3, -0.25) is 9.59 Å². The molecule has 18 heavy (non-hydrogen) atoms. The highest BCUT2D eigenvalue weighted by molar-refractivity contribution is 5.97. The Bertz CT molecular complexity index is 522. The third-order valence-electron chi connectivity index (χ3n) is 4.98. The van der Waals surface area contributed by atoms with Gasteiger partial charge in [-0.05, 0) is 36.2 Å². The number of cyclic esters (lactones) is 2. The molecule has 5 atom stereocenters. The molecule has 1 aromatic carbocycles. The van der Waals surface area contributed by atoms with E-state index in [1.165, 1.54) is 5.56 Å². The average molecular weight is 242 g/mol. The van der Waals surface area contributed by atoms with Crippen molar-refractivity contribution in [3.63, 3.8) is 0 Å². The van der Waals surface area contributed by atoms with E-state index in [-0.39, 0.29) is 23.8 Å². The number of carbonyl (C=O) groups excluding carboxylic acids is 2. The zero-order chi connectivity index (χ0) is 12.3. The summed E-state index contributed by atoms with van der Waals surface area (Å²) in [5.74, 6) is 0.229. The standard InChI is InChI=1S/C15H14O3/c16-14-12-9-6-10(8-4-2-1-3-5-8)11(7-9)13(12)15(17)18-14/h1-5,9-13H,6-7H2/t9-,10-,11+,12+,13-/m1/s1. The summed E-state index contributed by atoms with van der Waals surface area (Å²) < 4.78 is 4.82. The first-order valence-corrected chi connectivity index (χ1v) is 6.56. The zero-order valence-electron chi connectivity index (χ0n) is 9.91. The summed E-state index contributed by atoms with van der Waals surface area (Å²) in [6.45, 7) is 0. The quantitative estimate of drug-likeness (QED) is 0.559. The molecule has 1 heterocycles. The Morgan fingerprint density at radius 3 is 2.44 bits per heavy atom. The van der Waals surface area contributed by atoms with Crippen LogP contribution in [-0.2, 0) is 14.3 Å². The summed E-state index contributed by atoms with van der Waals surface area (Å²) in [7, 11) is 0. The van der Waals surface area contributed by atoms with E-state index in [9.17, 15) is 9.59 Å². The van der Waals surface area contributed by atoms with E-state index < -0.39 is 0 Å². The Morgan fingerprint density at radius 1 is 0.944 bits per heavy atom. The van der Waals surface area contributed by atoms with E-state index in [1.807, 2.05) is 18.2 Å². The molecule has 1 saturated heterocycles. The maximum Gasteiger partial charge on any atom is 0.317 e. The summed E-state index contributed by atoms with van der Waals surface area (Å²) in [5, 5.41) is 0. The molecule has 2 saturated carbocycles. The van der Waals surface area contributed by atoms with Crippen LogP contribution in [0, 0.1) is 23.7 Å². The second kappa shape index (κ2) is 3.44. The Kier molecular flexibility index (Phi) is 1.97. The topological polar surface area (TPSA) is 43.4 Å². The van der Waals surface area contributed by atoms with Gasteiger partial charge < -0.3 is 4.74 Å². The molecule has 0 N–H and O–H groups in total. The number of carbonyl (C=O) groups is 2. The van der Waals surface area contributed by atoms with Gasteiger partial charge in [-0.15, -0.1) is 0 Å². The summed E-state index contributed by atoms with van der Waals surface area (Å²) in [5.41, 5.74) is 1.30. The van der Waals surface area contributed by atoms with E-state index in [2.05, 4.69) is 12.1 Å². The molecule has 2 aliphatic carbocycles. The van der Waals surface area contributed by atoms with Crippen molar-refractivity contribution >= 4 is 11.9 Å². The van der Waals surface area contributed by atoms with Crippen molar-refractivity contribution in [3.8, 4) is 0 Å². The van der Waals surface area contributed by atoms with Crippen LogP contribution in [-0.4, -0.2) is 11.9 Å². The van der Waals surface area contributed by atoms with Crippen LogP contribution in [0.2, 0.25) is 0 Å². The highest BCUT2D eigenvalue weighted by Crippen LogP contribution is 2.61. The van der Waals surface area contributed by atoms with Crippen LogP contribution >= 0.6 is 0 Å². The van der Waals surface area contributed by atoms with Gasteiger partial charge in [0.1, 0.15) is 0 Å². The number of rotatable bonds is 1. The van der Waals surface area contributed by atoms with E-state index >= 15 is 0 Å². The number of esters is 2. The normalized spacial score (nSPS) is 41.0. The van der Waals surface area contributed by atoms with Crippen LogP contribution in [0.25, 0.3) is 0 Å². The molecule has 0 radical (unpaired) electrons. The van der Waals surface area contributed by atoms with Crippen molar-refractivity contribution in [2.45, 2.75) is 18.8 Å². The molecule has 2 bridgehead atoms. The molecule has 0 aromatic heterocycles. The van der Waals surface area contributed by atoms with Crippen LogP contribution in [0.1, 0.15) is 24.3 Å². The van der Waals surface area contributed by atoms with Crippen molar-refractivity contribution in [1.29, 1.82) is 0 Å². The molecular weight excluding hydrogens is 228 g/mol. The number of hydrogen-bond acceptors (Lipinski definition) is 3. The third kappa shape index (κ3) is 1.19. The van der Waals surface area contributed by atoms with Crippen molar-refractivity contribution in [2.24, 2.45) is 23.7 Å². The first-order chi connectivity index (χ1) is 8.75. The lowest BCUT2D eigenvalue weighted by Crippen LogP contribution is -2.29. The van der Waals surface area contributed by atoms with E-state index in [0.717, 1.165) is 12.8 Å². The maximum atomic E-state index is 11.8. The van der Waals surface area contributed by atoms with Gasteiger partial charge in [0, 0.05) is 0 Å². The number of hydrogen-bond donors (Lipinski definition) is 0. The monoisotopic (exact) mass is 242 g/mol. The minimum absolute atomic E-state index is 0.137. The van der Waals surface area contributed by atoms with Crippen molar-refractivity contribution in [2.75, 3.05) is 0 Å². The summed E-state index contributed by atoms with van der Waals surface area (Å²) in [6, 6.07) is 10.3. The van der Waals surface area contributed by atoms with Crippen LogP contribution in [0.3, 0.4) is 0 Å². The predicted octanol–water partition coefficient (Wildman–Crippen LogP) is 2.13. The molecule has 3 heteroatoms. The zero-order valence-corrected chi connectivity index (χ0v) is 9.91. The van der Waals surface area contributed by atoms with Gasteiger partial charge in [-0.25, -0.2) is 0 Å². The fourth-order valence-corrected chi connectivity index (χ4v) is 4.34. The first kappa shape index (κ1) is 10.3. The van der Waals surface area contributed by atoms with Gasteiger partial charge in [0.25, 0.3) is 0 Å². The maximum absolute atomic E-state index is 11.8. The summed E-state index contributed by atoms with van der Waals surface area (Å²) >= 11 is 0. The predicted molar refractivity (Wildman–Crippen MR) is 63.5 cm³/mol. The first-order valence-electron chi connectivity index (χ1n) is 6.56. The fourth-order valence-electron chi connectivity index (χ4n) is 4.34. The molecule has 0 unspecified atom stereocenters. The molecule has 1 aliphatic heterocycles. The lowest BCUT2D eigenvalue weighted by molar-refractivity contribution is -0.154. The molecule has 0 amide bonds. The fraction of sp³-hybridized carbons (Fsp3) is 0.467. The molecule has 92 valence electrons. The summed E-state index contributed by atoms with van der Waals surface area (Å²) in [4.78, 5) is 23.4. The molecule has 4 rings (SSSR count). The number of fused-ring (bicyclic) bond motifs is 5. The average Bonchev–Trinajstić information content (AvgIpc) is 3.03. The van der Waals surface area contributed by atoms with Gasteiger partial charge in [0.05, 0.1) is 11.8 Å². The van der Waals surface area contributed by atoms with Gasteiger partial charge in [0.15, 0.2) is 0 Å². The lowest BCUT2D eigenvalue weighted by atomic mass is 9.73. The summed E-state index contributed by atoms with van der Waals surface area (Å²) in [6.07, 6.45) is 2.04. The third-order valence-corrected chi connectivity index (χ3v) is 4.98. The van der Waals surface area contributed by atoms with Crippen molar-refractivity contribution < 1.29 is 14.3 Å². The van der Waals surface area contributed by atoms with Crippen LogP contribution in [0.5, 0.6) is 0 Å². The second-order valence-electron chi connectivity index (χ2n) is 5.70. The van der Waals surface area contributed by atoms with Crippen LogP contribution < -0.4 is 0 Å². The molecule has 3 fully saturated rings. The largest absolute Gasteiger partial charge is 0.393 e. The minimum Gasteiger partial charge on any atom is -0.393 e. The molecule has 0 spiro atoms. The molecule has 3 nitrogen and oxygen atoms in total.